The Hall–Kier alpha value is 0.760. The van der Waals surface area contributed by atoms with Gasteiger partial charge in [-0.3, -0.25) is 0 Å². The first-order chi connectivity index (χ1) is 4.63. The predicted octanol–water partition coefficient (Wildman–Crippen LogP) is 4.32. The molecule has 0 atom stereocenters. The maximum atomic E-state index is 5.77. The van der Waals surface area contributed by atoms with E-state index in [4.69, 9.17) is 23.2 Å². The number of benzene rings is 1. The van der Waals surface area contributed by atoms with Gasteiger partial charge in [0.25, 0.3) is 0 Å². The summed E-state index contributed by atoms with van der Waals surface area (Å²) in [6, 6.07) is 4.47. The Bertz CT molecular complexity index is 233. The van der Waals surface area contributed by atoms with Gasteiger partial charge in [0.05, 0.1) is 14.5 Å². The van der Waals surface area contributed by atoms with Gasteiger partial charge in [0.1, 0.15) is 0 Å². The van der Waals surface area contributed by atoms with Gasteiger partial charge in [0, 0.05) is 10.5 Å². The summed E-state index contributed by atoms with van der Waals surface area (Å²) in [5.74, 6) is 0. The number of hydrogen-bond donors (Lipinski definition) is 0. The lowest BCUT2D eigenvalue weighted by Crippen LogP contribution is -1.73. The molecule has 0 bridgehead atoms. The lowest BCUT2D eigenvalue weighted by Gasteiger charge is -1.98. The molecule has 0 saturated carbocycles. The van der Waals surface area contributed by atoms with Crippen LogP contribution in [0.15, 0.2) is 15.0 Å². The van der Waals surface area contributed by atoms with E-state index in [-0.39, 0.29) is 0 Å². The van der Waals surface area contributed by atoms with E-state index in [0.717, 1.165) is 0 Å². The van der Waals surface area contributed by atoms with Crippen LogP contribution in [0.25, 0.3) is 0 Å². The van der Waals surface area contributed by atoms with E-state index in [2.05, 4.69) is 37.9 Å². The van der Waals surface area contributed by atoms with E-state index in [0.29, 0.717) is 19.0 Å². The lowest BCUT2D eigenvalue weighted by atomic mass is 10.4. The Kier molecular flexibility index (Phi) is 3.04. The van der Waals surface area contributed by atoms with Crippen LogP contribution < -0.4 is 0 Å². The van der Waals surface area contributed by atoms with Crippen molar-refractivity contribution in [2.24, 2.45) is 0 Å². The second-order valence-corrected chi connectivity index (χ2v) is 3.95. The lowest BCUT2D eigenvalue weighted by molar-refractivity contribution is 1.58. The largest absolute Gasteiger partial charge is 0.0830 e. The van der Waals surface area contributed by atoms with E-state index in [1.54, 1.807) is 6.07 Å². The van der Waals surface area contributed by atoms with Crippen LogP contribution in [0.3, 0.4) is 0 Å². The minimum atomic E-state index is 0.549. The molecule has 0 nitrogen and oxygen atoms in total. The molecule has 1 aromatic rings. The van der Waals surface area contributed by atoms with Gasteiger partial charge < -0.3 is 0 Å². The summed E-state index contributed by atoms with van der Waals surface area (Å²) in [7, 11) is 0. The Labute approximate surface area is 85.8 Å². The minimum absolute atomic E-state index is 0.549. The summed E-state index contributed by atoms with van der Waals surface area (Å²) in [6.07, 6.45) is 0. The second-order valence-electron chi connectivity index (χ2n) is 1.58. The van der Waals surface area contributed by atoms with Crippen LogP contribution in [0.4, 0.5) is 0 Å². The Balaban J connectivity index is 3.34. The third-order valence-electron chi connectivity index (χ3n) is 0.921. The van der Waals surface area contributed by atoms with Crippen LogP contribution in [0.1, 0.15) is 0 Å². The molecule has 0 aliphatic heterocycles. The fourth-order valence-corrected chi connectivity index (χ4v) is 1.70. The van der Waals surface area contributed by atoms with Crippen LogP contribution in [-0.4, -0.2) is 0 Å². The van der Waals surface area contributed by atoms with E-state index >= 15 is 0 Å². The van der Waals surface area contributed by atoms with Crippen molar-refractivity contribution < 1.29 is 0 Å². The normalized spacial score (nSPS) is 10.0. The van der Waals surface area contributed by atoms with Crippen LogP contribution in [0.2, 0.25) is 10.0 Å². The third-order valence-corrected chi connectivity index (χ3v) is 3.73. The first kappa shape index (κ1) is 8.85. The zero-order valence-electron chi connectivity index (χ0n) is 4.59. The molecule has 0 heterocycles. The molecule has 0 unspecified atom stereocenters. The Morgan fingerprint density at radius 2 is 1.90 bits per heavy atom. The molecule has 0 aliphatic carbocycles. The molecule has 4 heteroatoms. The first-order valence-electron chi connectivity index (χ1n) is 2.33. The highest BCUT2D eigenvalue weighted by molar-refractivity contribution is 9.11. The van der Waals surface area contributed by atoms with Crippen molar-refractivity contribution in [3.05, 3.63) is 31.1 Å². The molecule has 0 aromatic heterocycles. The van der Waals surface area contributed by atoms with Gasteiger partial charge >= 0.3 is 0 Å². The molecule has 0 spiro atoms. The highest BCUT2D eigenvalue weighted by atomic mass is 79.9. The average Bonchev–Trinajstić information content (AvgIpc) is 1.93. The number of hydrogen-bond acceptors (Lipinski definition) is 0. The summed E-state index contributed by atoms with van der Waals surface area (Å²) >= 11 is 17.9. The van der Waals surface area contributed by atoms with Crippen LogP contribution in [0.5, 0.6) is 0 Å². The zero-order chi connectivity index (χ0) is 7.72. The topological polar surface area (TPSA) is 0 Å². The molecule has 0 N–H and O–H groups in total. The van der Waals surface area contributed by atoms with E-state index in [9.17, 15) is 0 Å². The Morgan fingerprint density at radius 3 is 2.40 bits per heavy atom. The quantitative estimate of drug-likeness (QED) is 0.495. The molecule has 0 fully saturated rings. The minimum Gasteiger partial charge on any atom is -0.0830 e. The maximum absolute atomic E-state index is 5.77. The molecule has 53 valence electrons. The first-order valence-corrected chi connectivity index (χ1v) is 4.68. The molecule has 0 amide bonds. The van der Waals surface area contributed by atoms with Crippen molar-refractivity contribution in [3.63, 3.8) is 0 Å². The maximum Gasteiger partial charge on any atom is 0.0711 e. The van der Waals surface area contributed by atoms with Gasteiger partial charge in [-0.1, -0.05) is 23.2 Å². The van der Waals surface area contributed by atoms with E-state index in [1.165, 1.54) is 0 Å². The predicted molar refractivity (Wildman–Crippen MR) is 50.7 cm³/mol. The van der Waals surface area contributed by atoms with E-state index in [1.807, 2.05) is 0 Å². The van der Waals surface area contributed by atoms with Gasteiger partial charge in [0.2, 0.25) is 0 Å². The molecule has 1 aromatic carbocycles. The van der Waals surface area contributed by atoms with Crippen LogP contribution in [-0.2, 0) is 0 Å². The van der Waals surface area contributed by atoms with Gasteiger partial charge in [0.15, 0.2) is 0 Å². The van der Waals surface area contributed by atoms with Crippen molar-refractivity contribution in [3.8, 4) is 0 Å². The third kappa shape index (κ3) is 1.67. The van der Waals surface area contributed by atoms with Crippen LogP contribution in [0, 0.1) is 6.07 Å². The fraction of sp³-hybridized carbons (Fsp3) is 0. The van der Waals surface area contributed by atoms with Crippen molar-refractivity contribution in [2.75, 3.05) is 0 Å². The Morgan fingerprint density at radius 1 is 1.30 bits per heavy atom. The van der Waals surface area contributed by atoms with Crippen LogP contribution >= 0.6 is 55.1 Å². The molecule has 1 rings (SSSR count). The standard InChI is InChI=1S/C6HBr2Cl2/c7-3-1-2-4(9)5(8)6(3)10/h2H. The molecule has 0 aliphatic rings. The van der Waals surface area contributed by atoms with Gasteiger partial charge in [-0.2, -0.15) is 0 Å². The van der Waals surface area contributed by atoms with Gasteiger partial charge in [-0.15, -0.1) is 0 Å². The summed E-state index contributed by atoms with van der Waals surface area (Å²) in [4.78, 5) is 0. The highest BCUT2D eigenvalue weighted by Crippen LogP contribution is 2.35. The monoisotopic (exact) mass is 301 g/mol. The fourth-order valence-electron chi connectivity index (χ4n) is 0.455. The summed E-state index contributed by atoms with van der Waals surface area (Å²) < 4.78 is 1.41. The summed E-state index contributed by atoms with van der Waals surface area (Å²) in [5.41, 5.74) is 0. The highest BCUT2D eigenvalue weighted by Gasteiger charge is 2.04. The van der Waals surface area contributed by atoms with Crippen molar-refractivity contribution >= 4 is 55.1 Å². The average molecular weight is 304 g/mol. The van der Waals surface area contributed by atoms with Crippen molar-refractivity contribution in [1.82, 2.24) is 0 Å². The summed E-state index contributed by atoms with van der Waals surface area (Å²) in [5, 5.41) is 1.11. The number of rotatable bonds is 0. The zero-order valence-corrected chi connectivity index (χ0v) is 9.27. The molecule has 0 saturated heterocycles. The molecular weight excluding hydrogens is 303 g/mol. The molecular formula is C6HBr2Cl2. The summed E-state index contributed by atoms with van der Waals surface area (Å²) in [6.45, 7) is 0. The molecule has 1 radical (unpaired) electrons. The molecule has 10 heavy (non-hydrogen) atoms. The second kappa shape index (κ2) is 3.44. The van der Waals surface area contributed by atoms with Gasteiger partial charge in [-0.05, 0) is 37.9 Å². The van der Waals surface area contributed by atoms with Gasteiger partial charge in [-0.25, -0.2) is 0 Å². The smallest absolute Gasteiger partial charge is 0.0711 e. The SMILES string of the molecule is Clc1c[c]c(Br)c(Cl)c1Br. The van der Waals surface area contributed by atoms with E-state index < -0.39 is 0 Å². The van der Waals surface area contributed by atoms with Crippen molar-refractivity contribution in [2.45, 2.75) is 0 Å². The van der Waals surface area contributed by atoms with Crippen molar-refractivity contribution in [1.29, 1.82) is 0 Å². The number of halogens is 4.